The molecule has 0 amide bonds. The lowest BCUT2D eigenvalue weighted by molar-refractivity contribution is 0.415. The summed E-state index contributed by atoms with van der Waals surface area (Å²) in [5.41, 5.74) is 3.13. The lowest BCUT2D eigenvalue weighted by atomic mass is 10.2. The van der Waals surface area contributed by atoms with Crippen LogP contribution in [0.1, 0.15) is 5.56 Å². The van der Waals surface area contributed by atoms with Crippen molar-refractivity contribution in [3.05, 3.63) is 89.5 Å². The Morgan fingerprint density at radius 1 is 1.00 bits per heavy atom. The number of benzene rings is 2. The first-order chi connectivity index (χ1) is 13.3. The Bertz CT molecular complexity index is 1080. The van der Waals surface area contributed by atoms with Gasteiger partial charge in [-0.3, -0.25) is 9.98 Å². The third-order valence-electron chi connectivity index (χ3n) is 4.03. The smallest absolute Gasteiger partial charge is 0.223 e. The average molecular weight is 455 g/mol. The van der Waals surface area contributed by atoms with Crippen LogP contribution >= 0.6 is 28.5 Å². The summed E-state index contributed by atoms with van der Waals surface area (Å²) < 4.78 is 7.36. The number of aromatic nitrogens is 3. The maximum atomic E-state index is 5.26. The van der Waals surface area contributed by atoms with Gasteiger partial charge in [-0.15, -0.1) is 17.0 Å². The predicted octanol–water partition coefficient (Wildman–Crippen LogP) is 4.68. The number of pyridine rings is 1. The van der Waals surface area contributed by atoms with E-state index in [1.165, 1.54) is 11.5 Å². The van der Waals surface area contributed by atoms with Crippen molar-refractivity contribution in [1.29, 1.82) is 0 Å². The molecule has 4 rings (SSSR count). The van der Waals surface area contributed by atoms with Crippen molar-refractivity contribution < 1.29 is 4.74 Å². The molecule has 0 bridgehead atoms. The molecule has 0 saturated heterocycles. The minimum atomic E-state index is 0. The van der Waals surface area contributed by atoms with Crippen LogP contribution in [-0.4, -0.2) is 21.0 Å². The van der Waals surface area contributed by atoms with Crippen molar-refractivity contribution in [3.8, 4) is 22.8 Å². The van der Waals surface area contributed by atoms with Gasteiger partial charge in [-0.05, 0) is 59.6 Å². The molecule has 0 atom stereocenters. The van der Waals surface area contributed by atoms with E-state index in [0.29, 0.717) is 6.54 Å². The topological polar surface area (TPSA) is 52.3 Å². The van der Waals surface area contributed by atoms with Gasteiger partial charge in [0.15, 0.2) is 5.82 Å². The van der Waals surface area contributed by atoms with E-state index in [-0.39, 0.29) is 17.0 Å². The Kier molecular flexibility index (Phi) is 6.73. The summed E-state index contributed by atoms with van der Waals surface area (Å²) in [7, 11) is 1.66. The van der Waals surface area contributed by atoms with E-state index in [9.17, 15) is 0 Å². The molecule has 0 N–H and O–H groups in total. The number of ether oxygens (including phenoxy) is 1. The summed E-state index contributed by atoms with van der Waals surface area (Å²) in [6.07, 6.45) is 3.59. The molecular formula is C21H19BrN4OS. The molecule has 0 aliphatic carbocycles. The highest BCUT2D eigenvalue weighted by atomic mass is 79.9. The molecule has 5 nitrogen and oxygen atoms in total. The first kappa shape index (κ1) is 20.0. The average Bonchev–Trinajstić information content (AvgIpc) is 3.18. The van der Waals surface area contributed by atoms with Gasteiger partial charge in [-0.1, -0.05) is 24.3 Å². The number of nitrogens with zero attached hydrogens (tertiary/aromatic N) is 4. The van der Waals surface area contributed by atoms with Crippen LogP contribution < -0.4 is 9.54 Å². The van der Waals surface area contributed by atoms with E-state index in [4.69, 9.17) is 9.72 Å². The monoisotopic (exact) mass is 454 g/mol. The number of rotatable bonds is 5. The molecule has 4 aromatic rings. The van der Waals surface area contributed by atoms with E-state index in [1.54, 1.807) is 13.3 Å². The maximum Gasteiger partial charge on any atom is 0.223 e. The van der Waals surface area contributed by atoms with Crippen molar-refractivity contribution in [3.63, 3.8) is 0 Å². The molecule has 0 aliphatic heterocycles. The number of hydrogen-bond donors (Lipinski definition) is 0. The molecule has 0 fully saturated rings. The van der Waals surface area contributed by atoms with E-state index in [2.05, 4.69) is 26.1 Å². The standard InChI is InChI=1S/C21H18N4OS.BrH/c1-26-19-11-9-17(10-12-19)20-24-21(23-15-16-6-5-13-22-14-16)27-25(20)18-7-3-2-4-8-18;/h2-14H,15H2,1H3;1H. The summed E-state index contributed by atoms with van der Waals surface area (Å²) >= 11 is 1.52. The van der Waals surface area contributed by atoms with Crippen molar-refractivity contribution >= 4 is 28.5 Å². The van der Waals surface area contributed by atoms with Gasteiger partial charge >= 0.3 is 0 Å². The molecule has 28 heavy (non-hydrogen) atoms. The summed E-state index contributed by atoms with van der Waals surface area (Å²) in [6.45, 7) is 0.554. The molecule has 0 aliphatic rings. The molecule has 0 radical (unpaired) electrons. The lowest BCUT2D eigenvalue weighted by Gasteiger charge is -2.06. The van der Waals surface area contributed by atoms with Crippen LogP contribution in [0.15, 0.2) is 84.1 Å². The SMILES string of the molecule is Br.COc1ccc(-c2nc(=NCc3cccnc3)sn2-c2ccccc2)cc1. The first-order valence-electron chi connectivity index (χ1n) is 8.53. The maximum absolute atomic E-state index is 5.26. The van der Waals surface area contributed by atoms with Crippen molar-refractivity contribution in [2.45, 2.75) is 6.54 Å². The molecule has 0 unspecified atom stereocenters. The Morgan fingerprint density at radius 3 is 2.46 bits per heavy atom. The minimum Gasteiger partial charge on any atom is -0.497 e. The normalized spacial score (nSPS) is 11.1. The molecule has 2 aromatic carbocycles. The third-order valence-corrected chi connectivity index (χ3v) is 4.98. The summed E-state index contributed by atoms with van der Waals surface area (Å²) in [5.74, 6) is 1.68. The minimum absolute atomic E-state index is 0. The summed E-state index contributed by atoms with van der Waals surface area (Å²) in [4.78, 5) is 14.3. The first-order valence-corrected chi connectivity index (χ1v) is 9.30. The fraction of sp³-hybridized carbons (Fsp3) is 0.0952. The number of halogens is 1. The Morgan fingerprint density at radius 2 is 1.79 bits per heavy atom. The highest BCUT2D eigenvalue weighted by Gasteiger charge is 2.11. The zero-order chi connectivity index (χ0) is 18.5. The number of methoxy groups -OCH3 is 1. The van der Waals surface area contributed by atoms with Crippen LogP contribution in [-0.2, 0) is 6.54 Å². The Labute approximate surface area is 178 Å². The predicted molar refractivity (Wildman–Crippen MR) is 117 cm³/mol. The fourth-order valence-corrected chi connectivity index (χ4v) is 3.53. The van der Waals surface area contributed by atoms with Crippen LogP contribution in [0.25, 0.3) is 17.1 Å². The van der Waals surface area contributed by atoms with Crippen molar-refractivity contribution in [2.24, 2.45) is 4.99 Å². The second-order valence-electron chi connectivity index (χ2n) is 5.85. The second kappa shape index (κ2) is 9.43. The van der Waals surface area contributed by atoms with E-state index in [1.807, 2.05) is 60.8 Å². The molecule has 0 saturated carbocycles. The number of para-hydroxylation sites is 1. The highest BCUT2D eigenvalue weighted by Crippen LogP contribution is 2.24. The quantitative estimate of drug-likeness (QED) is 0.439. The highest BCUT2D eigenvalue weighted by molar-refractivity contribution is 8.93. The van der Waals surface area contributed by atoms with Crippen molar-refractivity contribution in [2.75, 3.05) is 7.11 Å². The van der Waals surface area contributed by atoms with Gasteiger partial charge in [0.2, 0.25) is 4.80 Å². The molecule has 7 heteroatoms. The van der Waals surface area contributed by atoms with Gasteiger partial charge in [0.25, 0.3) is 0 Å². The number of hydrogen-bond acceptors (Lipinski definition) is 5. The van der Waals surface area contributed by atoms with Crippen molar-refractivity contribution in [1.82, 2.24) is 13.9 Å². The molecule has 2 heterocycles. The Hall–Kier alpha value is -2.77. The van der Waals surface area contributed by atoms with Gasteiger partial charge in [0.1, 0.15) is 5.75 Å². The third kappa shape index (κ3) is 4.55. The summed E-state index contributed by atoms with van der Waals surface area (Å²) in [6, 6.07) is 22.0. The van der Waals surface area contributed by atoms with E-state index >= 15 is 0 Å². The van der Waals surface area contributed by atoms with E-state index in [0.717, 1.165) is 33.2 Å². The summed E-state index contributed by atoms with van der Waals surface area (Å²) in [5, 5.41) is 0. The van der Waals surface area contributed by atoms with Gasteiger partial charge in [0.05, 0.1) is 19.3 Å². The van der Waals surface area contributed by atoms with Crippen LogP contribution in [0.4, 0.5) is 0 Å². The largest absolute Gasteiger partial charge is 0.497 e. The zero-order valence-electron chi connectivity index (χ0n) is 15.2. The molecule has 142 valence electrons. The van der Waals surface area contributed by atoms with Gasteiger partial charge in [0, 0.05) is 18.0 Å². The van der Waals surface area contributed by atoms with Crippen LogP contribution in [0, 0.1) is 0 Å². The molecule has 0 spiro atoms. The molecular weight excluding hydrogens is 436 g/mol. The second-order valence-corrected chi connectivity index (χ2v) is 6.76. The van der Waals surface area contributed by atoms with Gasteiger partial charge in [-0.25, -0.2) is 3.96 Å². The zero-order valence-corrected chi connectivity index (χ0v) is 17.8. The molecule has 2 aromatic heterocycles. The van der Waals surface area contributed by atoms with Gasteiger partial charge < -0.3 is 4.74 Å². The van der Waals surface area contributed by atoms with E-state index < -0.39 is 0 Å². The van der Waals surface area contributed by atoms with Crippen LogP contribution in [0.5, 0.6) is 5.75 Å². The van der Waals surface area contributed by atoms with Crippen LogP contribution in [0.2, 0.25) is 0 Å². The van der Waals surface area contributed by atoms with Crippen LogP contribution in [0.3, 0.4) is 0 Å². The fourth-order valence-electron chi connectivity index (χ4n) is 2.66. The Balaban J connectivity index is 0.00000225. The lowest BCUT2D eigenvalue weighted by Crippen LogP contribution is -1.99. The van der Waals surface area contributed by atoms with Gasteiger partial charge in [-0.2, -0.15) is 4.98 Å².